The van der Waals surface area contributed by atoms with Gasteiger partial charge in [-0.3, -0.25) is 4.79 Å². The Labute approximate surface area is 144 Å². The predicted octanol–water partition coefficient (Wildman–Crippen LogP) is 4.62. The average molecular weight is 342 g/mol. The molecule has 0 aliphatic heterocycles. The fourth-order valence-electron chi connectivity index (χ4n) is 2.79. The number of nitrogens with one attached hydrogen (secondary N) is 1. The number of hydrogen-bond acceptors (Lipinski definition) is 4. The highest BCUT2D eigenvalue weighted by molar-refractivity contribution is 6.34. The van der Waals surface area contributed by atoms with Gasteiger partial charge in [-0.05, 0) is 50.5 Å². The number of benzene rings is 1. The van der Waals surface area contributed by atoms with Crippen molar-refractivity contribution in [3.63, 3.8) is 0 Å². The van der Waals surface area contributed by atoms with Crippen molar-refractivity contribution >= 4 is 34.3 Å². The van der Waals surface area contributed by atoms with Crippen LogP contribution in [0.1, 0.15) is 46.1 Å². The van der Waals surface area contributed by atoms with Crippen LogP contribution in [0, 0.1) is 13.8 Å². The zero-order valence-electron chi connectivity index (χ0n) is 13.4. The van der Waals surface area contributed by atoms with Crippen LogP contribution in [0.3, 0.4) is 0 Å². The molecule has 122 valence electrons. The molecule has 3 aromatic rings. The van der Waals surface area contributed by atoms with Gasteiger partial charge in [0, 0.05) is 11.6 Å². The monoisotopic (exact) mass is 341 g/mol. The fraction of sp³-hybridized carbons (Fsp3) is 0.278. The van der Waals surface area contributed by atoms with Crippen molar-refractivity contribution in [2.75, 3.05) is 5.32 Å². The van der Waals surface area contributed by atoms with E-state index in [-0.39, 0.29) is 5.91 Å². The summed E-state index contributed by atoms with van der Waals surface area (Å²) >= 11 is 6.22. The first kappa shape index (κ1) is 15.1. The molecule has 1 saturated carbocycles. The number of fused-ring (bicyclic) bond motifs is 1. The van der Waals surface area contributed by atoms with Gasteiger partial charge in [-0.15, -0.1) is 0 Å². The van der Waals surface area contributed by atoms with Gasteiger partial charge >= 0.3 is 0 Å². The largest absolute Gasteiger partial charge is 0.336 e. The Morgan fingerprint density at radius 3 is 2.79 bits per heavy atom. The first-order valence-electron chi connectivity index (χ1n) is 7.87. The average Bonchev–Trinajstić information content (AvgIpc) is 3.33. The highest BCUT2D eigenvalue weighted by Crippen LogP contribution is 2.40. The number of aryl methyl sites for hydroxylation is 2. The molecular weight excluding hydrogens is 326 g/mol. The van der Waals surface area contributed by atoms with Gasteiger partial charge in [-0.1, -0.05) is 22.8 Å². The predicted molar refractivity (Wildman–Crippen MR) is 92.7 cm³/mol. The number of pyridine rings is 1. The van der Waals surface area contributed by atoms with Crippen molar-refractivity contribution in [3.8, 4) is 0 Å². The summed E-state index contributed by atoms with van der Waals surface area (Å²) in [5.41, 5.74) is 4.10. The van der Waals surface area contributed by atoms with E-state index < -0.39 is 0 Å². The van der Waals surface area contributed by atoms with E-state index in [1.54, 1.807) is 13.0 Å². The van der Waals surface area contributed by atoms with Gasteiger partial charge in [0.1, 0.15) is 0 Å². The number of nitrogens with zero attached hydrogens (tertiary/aromatic N) is 2. The van der Waals surface area contributed by atoms with Crippen molar-refractivity contribution in [2.45, 2.75) is 32.6 Å². The van der Waals surface area contributed by atoms with Crippen LogP contribution in [0.4, 0.5) is 5.69 Å². The van der Waals surface area contributed by atoms with Crippen LogP contribution in [0.15, 0.2) is 28.8 Å². The van der Waals surface area contributed by atoms with Crippen LogP contribution < -0.4 is 5.32 Å². The molecule has 1 aromatic carbocycles. The summed E-state index contributed by atoms with van der Waals surface area (Å²) in [6.45, 7) is 3.76. The molecule has 4 rings (SSSR count). The number of hydrogen-bond donors (Lipinski definition) is 1. The molecule has 0 spiro atoms. The van der Waals surface area contributed by atoms with Gasteiger partial charge in [0.25, 0.3) is 11.6 Å². The minimum atomic E-state index is -0.235. The van der Waals surface area contributed by atoms with E-state index in [4.69, 9.17) is 16.1 Å². The smallest absolute Gasteiger partial charge is 0.259 e. The molecule has 1 aliphatic rings. The van der Waals surface area contributed by atoms with Gasteiger partial charge < -0.3 is 9.84 Å². The number of carbonyl (C=O) groups excluding carboxylic acids is 1. The zero-order chi connectivity index (χ0) is 16.8. The molecule has 1 aliphatic carbocycles. The SMILES string of the molecule is Cc1ccc(NC(=O)c2cc(C3CC3)nc3onc(C)c23)c(Cl)c1. The first-order valence-corrected chi connectivity index (χ1v) is 8.25. The number of carbonyl (C=O) groups is 1. The van der Waals surface area contributed by atoms with Gasteiger partial charge in [0.2, 0.25) is 0 Å². The third kappa shape index (κ3) is 2.65. The number of rotatable bonds is 3. The summed E-state index contributed by atoms with van der Waals surface area (Å²) in [5, 5.41) is 8.00. The van der Waals surface area contributed by atoms with Crippen LogP contribution in [-0.4, -0.2) is 16.0 Å². The minimum Gasteiger partial charge on any atom is -0.336 e. The summed E-state index contributed by atoms with van der Waals surface area (Å²) in [5.74, 6) is 0.177. The molecule has 1 fully saturated rings. The molecule has 0 saturated heterocycles. The summed E-state index contributed by atoms with van der Waals surface area (Å²) in [7, 11) is 0. The lowest BCUT2D eigenvalue weighted by molar-refractivity contribution is 0.102. The molecular formula is C18H16ClN3O2. The maximum Gasteiger partial charge on any atom is 0.259 e. The first-order chi connectivity index (χ1) is 11.5. The lowest BCUT2D eigenvalue weighted by atomic mass is 10.1. The molecule has 2 aromatic heterocycles. The summed E-state index contributed by atoms with van der Waals surface area (Å²) in [6.07, 6.45) is 2.19. The molecule has 0 radical (unpaired) electrons. The Morgan fingerprint density at radius 1 is 1.29 bits per heavy atom. The lowest BCUT2D eigenvalue weighted by Gasteiger charge is -2.09. The molecule has 1 N–H and O–H groups in total. The molecule has 6 heteroatoms. The summed E-state index contributed by atoms with van der Waals surface area (Å²) < 4.78 is 5.28. The Kier molecular flexibility index (Phi) is 3.53. The maximum atomic E-state index is 12.8. The van der Waals surface area contributed by atoms with Gasteiger partial charge in [-0.2, -0.15) is 0 Å². The number of amides is 1. The number of anilines is 1. The van der Waals surface area contributed by atoms with E-state index in [1.807, 2.05) is 25.1 Å². The second-order valence-corrected chi connectivity index (χ2v) is 6.66. The Balaban J connectivity index is 1.76. The Hall–Kier alpha value is -2.40. The Bertz CT molecular complexity index is 960. The highest BCUT2D eigenvalue weighted by Gasteiger charge is 2.28. The highest BCUT2D eigenvalue weighted by atomic mass is 35.5. The van der Waals surface area contributed by atoms with Gasteiger partial charge in [0.05, 0.1) is 27.4 Å². The Morgan fingerprint density at radius 2 is 2.08 bits per heavy atom. The van der Waals surface area contributed by atoms with Crippen LogP contribution in [0.25, 0.3) is 11.1 Å². The van der Waals surface area contributed by atoms with Crippen molar-refractivity contribution in [2.24, 2.45) is 0 Å². The second-order valence-electron chi connectivity index (χ2n) is 6.25. The van der Waals surface area contributed by atoms with Crippen molar-refractivity contribution < 1.29 is 9.32 Å². The van der Waals surface area contributed by atoms with Crippen LogP contribution >= 0.6 is 11.6 Å². The normalized spacial score (nSPS) is 14.1. The summed E-state index contributed by atoms with van der Waals surface area (Å²) in [6, 6.07) is 7.38. The van der Waals surface area contributed by atoms with E-state index >= 15 is 0 Å². The van der Waals surface area contributed by atoms with Crippen molar-refractivity contribution in [1.82, 2.24) is 10.1 Å². The van der Waals surface area contributed by atoms with Gasteiger partial charge in [-0.25, -0.2) is 4.98 Å². The minimum absolute atomic E-state index is 0.235. The third-order valence-electron chi connectivity index (χ3n) is 4.25. The molecule has 0 bridgehead atoms. The molecule has 1 amide bonds. The third-order valence-corrected chi connectivity index (χ3v) is 4.56. The lowest BCUT2D eigenvalue weighted by Crippen LogP contribution is -2.14. The standard InChI is InChI=1S/C18H16ClN3O2/c1-9-3-6-14(13(19)7-9)20-17(23)12-8-15(11-4-5-11)21-18-16(12)10(2)22-24-18/h3,6-8,11H,4-5H2,1-2H3,(H,20,23). The van der Waals surface area contributed by atoms with E-state index in [9.17, 15) is 4.79 Å². The topological polar surface area (TPSA) is 68.0 Å². The van der Waals surface area contributed by atoms with E-state index in [0.717, 1.165) is 24.1 Å². The summed E-state index contributed by atoms with van der Waals surface area (Å²) in [4.78, 5) is 17.3. The van der Waals surface area contributed by atoms with Crippen LogP contribution in [-0.2, 0) is 0 Å². The molecule has 5 nitrogen and oxygen atoms in total. The van der Waals surface area contributed by atoms with E-state index in [2.05, 4.69) is 15.5 Å². The van der Waals surface area contributed by atoms with Crippen molar-refractivity contribution in [1.29, 1.82) is 0 Å². The molecule has 2 heterocycles. The second kappa shape index (κ2) is 5.60. The molecule has 0 atom stereocenters. The van der Waals surface area contributed by atoms with E-state index in [1.165, 1.54) is 0 Å². The quantitative estimate of drug-likeness (QED) is 0.754. The fourth-order valence-corrected chi connectivity index (χ4v) is 3.07. The van der Waals surface area contributed by atoms with E-state index in [0.29, 0.717) is 39.0 Å². The maximum absolute atomic E-state index is 12.8. The van der Waals surface area contributed by atoms with Gasteiger partial charge in [0.15, 0.2) is 0 Å². The van der Waals surface area contributed by atoms with Crippen molar-refractivity contribution in [3.05, 3.63) is 51.8 Å². The van der Waals surface area contributed by atoms with Crippen LogP contribution in [0.5, 0.6) is 0 Å². The van der Waals surface area contributed by atoms with Crippen LogP contribution in [0.2, 0.25) is 5.02 Å². The number of aromatic nitrogens is 2. The molecule has 24 heavy (non-hydrogen) atoms. The molecule has 0 unspecified atom stereocenters. The number of halogens is 1. The zero-order valence-corrected chi connectivity index (χ0v) is 14.1.